The molecular formula is C13H10BrN3O3. The molecule has 3 heterocycles. The van der Waals surface area contributed by atoms with Crippen molar-refractivity contribution >= 4 is 27.9 Å². The van der Waals surface area contributed by atoms with E-state index in [0.717, 1.165) is 26.3 Å². The topological polar surface area (TPSA) is 86.3 Å². The van der Waals surface area contributed by atoms with E-state index in [1.807, 2.05) is 6.07 Å². The zero-order valence-corrected chi connectivity index (χ0v) is 11.8. The molecule has 1 aliphatic rings. The Morgan fingerprint density at radius 2 is 2.25 bits per heavy atom. The van der Waals surface area contributed by atoms with Crippen molar-refractivity contribution in [3.8, 4) is 11.3 Å². The Morgan fingerprint density at radius 1 is 1.45 bits per heavy atom. The molecule has 102 valence electrons. The summed E-state index contributed by atoms with van der Waals surface area (Å²) in [5.41, 5.74) is 2.83. The third kappa shape index (κ3) is 2.00. The molecular weight excluding hydrogens is 326 g/mol. The highest BCUT2D eigenvalue weighted by Crippen LogP contribution is 2.30. The van der Waals surface area contributed by atoms with Crippen LogP contribution in [0.1, 0.15) is 16.1 Å². The number of imide groups is 1. The van der Waals surface area contributed by atoms with E-state index >= 15 is 0 Å². The molecule has 0 radical (unpaired) electrons. The first-order chi connectivity index (χ1) is 9.58. The van der Waals surface area contributed by atoms with Gasteiger partial charge in [-0.15, -0.1) is 0 Å². The second-order valence-electron chi connectivity index (χ2n) is 4.42. The Bertz CT molecular complexity index is 711. The summed E-state index contributed by atoms with van der Waals surface area (Å²) in [6.45, 7) is 0.179. The number of hydrogen-bond acceptors (Lipinski definition) is 3. The minimum Gasteiger partial charge on any atom is -0.465 e. The number of hydrogen-bond donors (Lipinski definition) is 2. The first kappa shape index (κ1) is 12.9. The molecule has 0 bridgehead atoms. The molecule has 0 unspecified atom stereocenters. The van der Waals surface area contributed by atoms with E-state index in [1.165, 1.54) is 0 Å². The summed E-state index contributed by atoms with van der Waals surface area (Å²) in [4.78, 5) is 31.1. The maximum Gasteiger partial charge on any atom is 0.414 e. The fraction of sp³-hybridized carbons (Fsp3) is 0.154. The molecule has 6 nitrogen and oxygen atoms in total. The number of pyridine rings is 1. The zero-order chi connectivity index (χ0) is 14.3. The average molecular weight is 336 g/mol. The van der Waals surface area contributed by atoms with Crippen LogP contribution >= 0.6 is 15.9 Å². The van der Waals surface area contributed by atoms with Crippen molar-refractivity contribution in [2.75, 3.05) is 6.54 Å². The fourth-order valence-corrected chi connectivity index (χ4v) is 2.74. The first-order valence-corrected chi connectivity index (χ1v) is 6.74. The Hall–Kier alpha value is -2.15. The Kier molecular flexibility index (Phi) is 3.06. The standard InChI is InChI=1S/C13H10BrN3O3/c14-9-6-15-3-1-7(9)11-5-8-10(16-11)2-4-17(12(8)18)13(19)20/h1,3,5-6,16H,2,4H2,(H,19,20). The van der Waals surface area contributed by atoms with Crippen LogP contribution in [-0.2, 0) is 6.42 Å². The summed E-state index contributed by atoms with van der Waals surface area (Å²) < 4.78 is 0.807. The zero-order valence-electron chi connectivity index (χ0n) is 10.3. The van der Waals surface area contributed by atoms with Gasteiger partial charge in [0.25, 0.3) is 5.91 Å². The van der Waals surface area contributed by atoms with Crippen molar-refractivity contribution in [1.29, 1.82) is 0 Å². The van der Waals surface area contributed by atoms with Crippen LogP contribution in [0, 0.1) is 0 Å². The number of carboxylic acid groups (broad SMARTS) is 1. The van der Waals surface area contributed by atoms with Gasteiger partial charge in [-0.1, -0.05) is 0 Å². The molecule has 0 aromatic carbocycles. The number of nitrogens with zero attached hydrogens (tertiary/aromatic N) is 2. The highest BCUT2D eigenvalue weighted by molar-refractivity contribution is 9.10. The summed E-state index contributed by atoms with van der Waals surface area (Å²) in [7, 11) is 0. The predicted molar refractivity (Wildman–Crippen MR) is 74.5 cm³/mol. The third-order valence-corrected chi connectivity index (χ3v) is 3.89. The lowest BCUT2D eigenvalue weighted by Crippen LogP contribution is -2.40. The lowest BCUT2D eigenvalue weighted by Gasteiger charge is -2.21. The van der Waals surface area contributed by atoms with Gasteiger partial charge in [0.2, 0.25) is 0 Å². The van der Waals surface area contributed by atoms with Gasteiger partial charge in [0.05, 0.1) is 5.56 Å². The van der Waals surface area contributed by atoms with Crippen molar-refractivity contribution < 1.29 is 14.7 Å². The van der Waals surface area contributed by atoms with E-state index in [1.54, 1.807) is 18.5 Å². The predicted octanol–water partition coefficient (Wildman–Crippen LogP) is 2.52. The van der Waals surface area contributed by atoms with Crippen molar-refractivity contribution in [2.24, 2.45) is 0 Å². The van der Waals surface area contributed by atoms with Crippen LogP contribution in [0.25, 0.3) is 11.3 Å². The highest BCUT2D eigenvalue weighted by Gasteiger charge is 2.30. The summed E-state index contributed by atoms with van der Waals surface area (Å²) in [6, 6.07) is 3.51. The Labute approximate surface area is 122 Å². The van der Waals surface area contributed by atoms with E-state index in [0.29, 0.717) is 12.0 Å². The quantitative estimate of drug-likeness (QED) is 0.838. The van der Waals surface area contributed by atoms with Gasteiger partial charge < -0.3 is 10.1 Å². The van der Waals surface area contributed by atoms with Crippen LogP contribution in [0.4, 0.5) is 4.79 Å². The van der Waals surface area contributed by atoms with Gasteiger partial charge in [-0.2, -0.15) is 0 Å². The highest BCUT2D eigenvalue weighted by atomic mass is 79.9. The van der Waals surface area contributed by atoms with Gasteiger partial charge in [-0.25, -0.2) is 9.69 Å². The molecule has 0 atom stereocenters. The number of fused-ring (bicyclic) bond motifs is 1. The Balaban J connectivity index is 2.04. The monoisotopic (exact) mass is 335 g/mol. The van der Waals surface area contributed by atoms with Crippen LogP contribution < -0.4 is 0 Å². The normalized spacial score (nSPS) is 14.2. The van der Waals surface area contributed by atoms with E-state index in [2.05, 4.69) is 25.9 Å². The maximum absolute atomic E-state index is 12.1. The number of carbonyl (C=O) groups is 2. The van der Waals surface area contributed by atoms with Gasteiger partial charge in [-0.05, 0) is 28.1 Å². The lowest BCUT2D eigenvalue weighted by molar-refractivity contribution is 0.0727. The molecule has 0 fully saturated rings. The molecule has 2 N–H and O–H groups in total. The fourth-order valence-electron chi connectivity index (χ4n) is 2.28. The molecule has 2 aromatic rings. The van der Waals surface area contributed by atoms with E-state index in [-0.39, 0.29) is 6.54 Å². The summed E-state index contributed by atoms with van der Waals surface area (Å²) in [6.07, 6.45) is 2.61. The number of aromatic amines is 1. The average Bonchev–Trinajstić information content (AvgIpc) is 2.84. The minimum atomic E-state index is -1.21. The van der Waals surface area contributed by atoms with Crippen molar-refractivity contribution in [1.82, 2.24) is 14.9 Å². The van der Waals surface area contributed by atoms with Crippen LogP contribution in [0.3, 0.4) is 0 Å². The molecule has 2 aromatic heterocycles. The number of carbonyl (C=O) groups excluding carboxylic acids is 1. The minimum absolute atomic E-state index is 0.179. The number of halogens is 1. The third-order valence-electron chi connectivity index (χ3n) is 3.25. The SMILES string of the molecule is O=C(O)N1CCc2[nH]c(-c3ccncc3Br)cc2C1=O. The van der Waals surface area contributed by atoms with E-state index in [9.17, 15) is 9.59 Å². The molecule has 0 saturated heterocycles. The van der Waals surface area contributed by atoms with E-state index < -0.39 is 12.0 Å². The molecule has 7 heteroatoms. The number of nitrogens with one attached hydrogen (secondary N) is 1. The molecule has 1 aliphatic heterocycles. The molecule has 0 saturated carbocycles. The molecule has 0 aliphatic carbocycles. The number of amides is 2. The summed E-state index contributed by atoms with van der Waals surface area (Å²) in [5, 5.41) is 8.98. The van der Waals surface area contributed by atoms with Crippen molar-refractivity contribution in [2.45, 2.75) is 6.42 Å². The first-order valence-electron chi connectivity index (χ1n) is 5.94. The summed E-state index contributed by atoms with van der Waals surface area (Å²) in [5.74, 6) is -0.480. The second-order valence-corrected chi connectivity index (χ2v) is 5.27. The number of H-pyrrole nitrogens is 1. The van der Waals surface area contributed by atoms with Crippen molar-refractivity contribution in [3.05, 3.63) is 40.3 Å². The Morgan fingerprint density at radius 3 is 2.95 bits per heavy atom. The van der Waals surface area contributed by atoms with Crippen molar-refractivity contribution in [3.63, 3.8) is 0 Å². The second kappa shape index (κ2) is 4.75. The lowest BCUT2D eigenvalue weighted by atomic mass is 10.1. The maximum atomic E-state index is 12.1. The van der Waals surface area contributed by atoms with Gasteiger partial charge in [0.15, 0.2) is 0 Å². The molecule has 0 spiro atoms. The number of aromatic nitrogens is 2. The van der Waals surface area contributed by atoms with Crippen LogP contribution in [-0.4, -0.2) is 38.5 Å². The molecule has 3 rings (SSSR count). The van der Waals surface area contributed by atoms with Gasteiger partial charge >= 0.3 is 6.09 Å². The number of rotatable bonds is 1. The van der Waals surface area contributed by atoms with Crippen LogP contribution in [0.15, 0.2) is 29.0 Å². The molecule has 20 heavy (non-hydrogen) atoms. The van der Waals surface area contributed by atoms with Crippen LogP contribution in [0.2, 0.25) is 0 Å². The van der Waals surface area contributed by atoms with Crippen LogP contribution in [0.5, 0.6) is 0 Å². The van der Waals surface area contributed by atoms with Gasteiger partial charge in [-0.3, -0.25) is 9.78 Å². The van der Waals surface area contributed by atoms with E-state index in [4.69, 9.17) is 5.11 Å². The smallest absolute Gasteiger partial charge is 0.414 e. The summed E-state index contributed by atoms with van der Waals surface area (Å²) >= 11 is 3.40. The van der Waals surface area contributed by atoms with Gasteiger partial charge in [0.1, 0.15) is 0 Å². The molecule has 2 amide bonds. The van der Waals surface area contributed by atoms with Gasteiger partial charge in [0, 0.05) is 46.8 Å². The largest absolute Gasteiger partial charge is 0.465 e.